The van der Waals surface area contributed by atoms with Gasteiger partial charge in [-0.3, -0.25) is 25.4 Å². The molecule has 1 aliphatic rings. The monoisotopic (exact) mass is 373 g/mol. The molecule has 0 radical (unpaired) electrons. The largest absolute Gasteiger partial charge is 0.486 e. The van der Waals surface area contributed by atoms with Crippen molar-refractivity contribution in [3.63, 3.8) is 0 Å². The molecule has 1 aromatic heterocycles. The van der Waals surface area contributed by atoms with E-state index in [1.54, 1.807) is 36.2 Å². The number of carbonyl (C=O) groups is 2. The predicted octanol–water partition coefficient (Wildman–Crippen LogP) is 1.94. The first kappa shape index (κ1) is 18.1. The molecular weight excluding hydrogens is 354 g/mol. The molecule has 1 aromatic carbocycles. The van der Waals surface area contributed by atoms with E-state index < -0.39 is 5.91 Å². The van der Waals surface area contributed by atoms with E-state index in [1.807, 2.05) is 18.2 Å². The van der Waals surface area contributed by atoms with Crippen LogP contribution in [0.15, 0.2) is 42.6 Å². The third-order valence-corrected chi connectivity index (χ3v) is 4.56. The van der Waals surface area contributed by atoms with Gasteiger partial charge in [0.2, 0.25) is 5.91 Å². The summed E-state index contributed by atoms with van der Waals surface area (Å²) in [5.74, 6) is 1.88. The average Bonchev–Trinajstić information content (AvgIpc) is 2.70. The van der Waals surface area contributed by atoms with E-state index in [-0.39, 0.29) is 5.91 Å². The fraction of sp³-hybridized carbons (Fsp3) is 0.278. The Morgan fingerprint density at radius 3 is 2.73 bits per heavy atom. The third-order valence-electron chi connectivity index (χ3n) is 3.57. The van der Waals surface area contributed by atoms with Gasteiger partial charge in [0.1, 0.15) is 13.2 Å². The summed E-state index contributed by atoms with van der Waals surface area (Å²) in [6.45, 7) is 0.942. The maximum absolute atomic E-state index is 12.1. The van der Waals surface area contributed by atoms with Gasteiger partial charge in [-0.15, -0.1) is 0 Å². The summed E-state index contributed by atoms with van der Waals surface area (Å²) in [7, 11) is 0. The minimum Gasteiger partial charge on any atom is -0.486 e. The lowest BCUT2D eigenvalue weighted by Crippen LogP contribution is -2.41. The van der Waals surface area contributed by atoms with Crippen LogP contribution in [0, 0.1) is 0 Å². The number of rotatable bonds is 6. The fourth-order valence-corrected chi connectivity index (χ4v) is 3.12. The number of carbonyl (C=O) groups excluding carboxylic acids is 2. The van der Waals surface area contributed by atoms with Crippen molar-refractivity contribution in [2.24, 2.45) is 0 Å². The highest BCUT2D eigenvalue weighted by atomic mass is 32.2. The number of nitrogens with one attached hydrogen (secondary N) is 2. The molecule has 0 spiro atoms. The predicted molar refractivity (Wildman–Crippen MR) is 98.1 cm³/mol. The second kappa shape index (κ2) is 9.10. The smallest absolute Gasteiger partial charge is 0.269 e. The summed E-state index contributed by atoms with van der Waals surface area (Å²) in [4.78, 5) is 28.2. The van der Waals surface area contributed by atoms with Crippen molar-refractivity contribution >= 4 is 23.6 Å². The normalized spacial score (nSPS) is 12.3. The Morgan fingerprint density at radius 1 is 1.08 bits per heavy atom. The molecule has 0 fully saturated rings. The second-order valence-corrected chi connectivity index (χ2v) is 6.59. The van der Waals surface area contributed by atoms with E-state index in [2.05, 4.69) is 15.8 Å². The highest BCUT2D eigenvalue weighted by Gasteiger charge is 2.15. The highest BCUT2D eigenvalue weighted by Crippen LogP contribution is 2.30. The molecule has 3 rings (SSSR count). The zero-order chi connectivity index (χ0) is 18.2. The molecule has 0 aliphatic carbocycles. The van der Waals surface area contributed by atoms with Crippen LogP contribution in [0.5, 0.6) is 11.5 Å². The molecule has 1 aliphatic heterocycles. The van der Waals surface area contributed by atoms with E-state index in [0.29, 0.717) is 42.4 Å². The van der Waals surface area contributed by atoms with Gasteiger partial charge in [-0.25, -0.2) is 0 Å². The van der Waals surface area contributed by atoms with E-state index in [9.17, 15) is 9.59 Å². The number of fused-ring (bicyclic) bond motifs is 1. The molecule has 136 valence electrons. The van der Waals surface area contributed by atoms with E-state index in [1.165, 1.54) is 0 Å². The van der Waals surface area contributed by atoms with Crippen molar-refractivity contribution in [3.8, 4) is 11.5 Å². The maximum atomic E-state index is 12.1. The van der Waals surface area contributed by atoms with Gasteiger partial charge in [-0.05, 0) is 30.3 Å². The van der Waals surface area contributed by atoms with Crippen LogP contribution in [0.2, 0.25) is 0 Å². The molecule has 0 saturated carbocycles. The van der Waals surface area contributed by atoms with Crippen molar-refractivity contribution in [3.05, 3.63) is 53.9 Å². The van der Waals surface area contributed by atoms with Crippen LogP contribution in [-0.4, -0.2) is 35.8 Å². The van der Waals surface area contributed by atoms with Crippen molar-refractivity contribution in [1.82, 2.24) is 15.8 Å². The number of hydrogen-bond acceptors (Lipinski definition) is 6. The molecule has 2 amide bonds. The molecule has 2 heterocycles. The van der Waals surface area contributed by atoms with Gasteiger partial charge in [-0.2, -0.15) is 11.8 Å². The Labute approximate surface area is 155 Å². The molecule has 7 nitrogen and oxygen atoms in total. The lowest BCUT2D eigenvalue weighted by molar-refractivity contribution is -0.121. The Hall–Kier alpha value is -2.74. The van der Waals surface area contributed by atoms with Gasteiger partial charge in [0.15, 0.2) is 11.5 Å². The SMILES string of the molecule is O=C(CCSCc1ccccn1)NNC(=O)c1ccc2c(c1)OCCO2. The fourth-order valence-electron chi connectivity index (χ4n) is 2.27. The van der Waals surface area contributed by atoms with Crippen LogP contribution in [0.3, 0.4) is 0 Å². The molecule has 2 N–H and O–H groups in total. The van der Waals surface area contributed by atoms with Crippen LogP contribution in [0.4, 0.5) is 0 Å². The maximum Gasteiger partial charge on any atom is 0.269 e. The first-order chi connectivity index (χ1) is 12.7. The van der Waals surface area contributed by atoms with Gasteiger partial charge < -0.3 is 9.47 Å². The van der Waals surface area contributed by atoms with Crippen LogP contribution >= 0.6 is 11.8 Å². The average molecular weight is 373 g/mol. The molecule has 8 heteroatoms. The Bertz CT molecular complexity index is 770. The Balaban J connectivity index is 1.38. The molecular formula is C18H19N3O4S. The summed E-state index contributed by atoms with van der Waals surface area (Å²) >= 11 is 1.61. The van der Waals surface area contributed by atoms with Crippen molar-refractivity contribution < 1.29 is 19.1 Å². The number of ether oxygens (including phenoxy) is 2. The molecule has 26 heavy (non-hydrogen) atoms. The lowest BCUT2D eigenvalue weighted by Gasteiger charge is -2.18. The lowest BCUT2D eigenvalue weighted by atomic mass is 10.2. The standard InChI is InChI=1S/C18H19N3O4S/c22-17(6-10-26-12-14-3-1-2-7-19-14)20-21-18(23)13-4-5-15-16(11-13)25-9-8-24-15/h1-5,7,11H,6,8-10,12H2,(H,20,22)(H,21,23). The van der Waals surface area contributed by atoms with Gasteiger partial charge in [0, 0.05) is 29.7 Å². The van der Waals surface area contributed by atoms with Gasteiger partial charge in [0.05, 0.1) is 5.69 Å². The number of pyridine rings is 1. The number of aromatic nitrogens is 1. The topological polar surface area (TPSA) is 89.6 Å². The molecule has 0 atom stereocenters. The minimum absolute atomic E-state index is 0.246. The van der Waals surface area contributed by atoms with Crippen molar-refractivity contribution in [2.75, 3.05) is 19.0 Å². The molecule has 2 aromatic rings. The number of thioether (sulfide) groups is 1. The summed E-state index contributed by atoms with van der Waals surface area (Å²) in [6.07, 6.45) is 2.05. The quantitative estimate of drug-likeness (QED) is 0.594. The molecule has 0 saturated heterocycles. The first-order valence-corrected chi connectivity index (χ1v) is 9.34. The number of benzene rings is 1. The van der Waals surface area contributed by atoms with Gasteiger partial charge in [-0.1, -0.05) is 6.07 Å². The Morgan fingerprint density at radius 2 is 1.92 bits per heavy atom. The van der Waals surface area contributed by atoms with Crippen molar-refractivity contribution in [1.29, 1.82) is 0 Å². The molecule has 0 bridgehead atoms. The van der Waals surface area contributed by atoms with E-state index in [4.69, 9.17) is 9.47 Å². The van der Waals surface area contributed by atoms with Gasteiger partial charge >= 0.3 is 0 Å². The number of hydrogen-bond donors (Lipinski definition) is 2. The van der Waals surface area contributed by atoms with E-state index >= 15 is 0 Å². The molecule has 0 unspecified atom stereocenters. The third kappa shape index (κ3) is 5.13. The summed E-state index contributed by atoms with van der Waals surface area (Å²) < 4.78 is 10.9. The Kier molecular flexibility index (Phi) is 6.32. The number of amides is 2. The number of nitrogens with zero attached hydrogens (tertiary/aromatic N) is 1. The van der Waals surface area contributed by atoms with Crippen LogP contribution in [0.1, 0.15) is 22.5 Å². The minimum atomic E-state index is -0.406. The zero-order valence-electron chi connectivity index (χ0n) is 14.1. The van der Waals surface area contributed by atoms with Crippen LogP contribution < -0.4 is 20.3 Å². The zero-order valence-corrected chi connectivity index (χ0v) is 14.9. The van der Waals surface area contributed by atoms with E-state index in [0.717, 1.165) is 11.4 Å². The first-order valence-electron chi connectivity index (χ1n) is 8.19. The summed E-state index contributed by atoms with van der Waals surface area (Å²) in [5.41, 5.74) is 6.19. The highest BCUT2D eigenvalue weighted by molar-refractivity contribution is 7.98. The van der Waals surface area contributed by atoms with Crippen LogP contribution in [0.25, 0.3) is 0 Å². The van der Waals surface area contributed by atoms with Crippen LogP contribution in [-0.2, 0) is 10.5 Å². The summed E-state index contributed by atoms with van der Waals surface area (Å²) in [5, 5.41) is 0. The second-order valence-electron chi connectivity index (χ2n) is 5.48. The number of hydrazine groups is 1. The van der Waals surface area contributed by atoms with Crippen molar-refractivity contribution in [2.45, 2.75) is 12.2 Å². The van der Waals surface area contributed by atoms with Gasteiger partial charge in [0.25, 0.3) is 5.91 Å². The summed E-state index contributed by atoms with van der Waals surface area (Å²) in [6, 6.07) is 10.6.